The van der Waals surface area contributed by atoms with Crippen molar-refractivity contribution < 1.29 is 17.9 Å². The van der Waals surface area contributed by atoms with Crippen LogP contribution in [0.1, 0.15) is 25.5 Å². The van der Waals surface area contributed by atoms with Gasteiger partial charge in [-0.05, 0) is 31.5 Å². The molecule has 0 aliphatic rings. The first-order valence-electron chi connectivity index (χ1n) is 4.89. The first-order valence-corrected chi connectivity index (χ1v) is 4.89. The average molecular weight is 233 g/mol. The monoisotopic (exact) mass is 233 g/mol. The van der Waals surface area contributed by atoms with Crippen LogP contribution in [-0.2, 0) is 0 Å². The molecule has 90 valence electrons. The van der Waals surface area contributed by atoms with Crippen LogP contribution < -0.4 is 10.5 Å². The zero-order valence-corrected chi connectivity index (χ0v) is 9.08. The van der Waals surface area contributed by atoms with Crippen LogP contribution in [0.3, 0.4) is 0 Å². The number of hydrogen-bond acceptors (Lipinski definition) is 2. The number of rotatable bonds is 3. The maximum atomic E-state index is 12.4. The Balaban J connectivity index is 2.90. The van der Waals surface area contributed by atoms with Crippen molar-refractivity contribution in [3.63, 3.8) is 0 Å². The number of nitrogens with two attached hydrogens (primary N) is 1. The highest BCUT2D eigenvalue weighted by Gasteiger charge is 2.37. The molecule has 0 bridgehead atoms. The first kappa shape index (κ1) is 12.8. The lowest BCUT2D eigenvalue weighted by atomic mass is 10.1. The van der Waals surface area contributed by atoms with Crippen LogP contribution in [0.25, 0.3) is 0 Å². The summed E-state index contributed by atoms with van der Waals surface area (Å²) in [7, 11) is 0. The second-order valence-corrected chi connectivity index (χ2v) is 3.76. The van der Waals surface area contributed by atoms with Crippen LogP contribution in [0.5, 0.6) is 5.75 Å². The summed E-state index contributed by atoms with van der Waals surface area (Å²) in [5, 5.41) is 0. The third-order valence-electron chi connectivity index (χ3n) is 1.94. The summed E-state index contributed by atoms with van der Waals surface area (Å²) in [5.41, 5.74) is 5.10. The summed E-state index contributed by atoms with van der Waals surface area (Å²) in [5.74, 6) is 0.396. The largest absolute Gasteiger partial charge is 0.491 e. The van der Waals surface area contributed by atoms with Gasteiger partial charge in [-0.1, -0.05) is 12.1 Å². The highest BCUT2D eigenvalue weighted by Crippen LogP contribution is 2.31. The van der Waals surface area contributed by atoms with Gasteiger partial charge in [-0.25, -0.2) is 0 Å². The van der Waals surface area contributed by atoms with Crippen molar-refractivity contribution in [2.45, 2.75) is 32.2 Å². The summed E-state index contributed by atoms with van der Waals surface area (Å²) in [6.45, 7) is 3.60. The molecule has 2 N–H and O–H groups in total. The molecule has 0 aromatic heterocycles. The molecule has 0 fully saturated rings. The molecular weight excluding hydrogens is 219 g/mol. The highest BCUT2D eigenvalue weighted by atomic mass is 19.4. The fourth-order valence-corrected chi connectivity index (χ4v) is 1.24. The number of alkyl halides is 3. The molecule has 1 aromatic rings. The zero-order chi connectivity index (χ0) is 12.3. The fourth-order valence-electron chi connectivity index (χ4n) is 1.24. The van der Waals surface area contributed by atoms with Gasteiger partial charge in [-0.2, -0.15) is 13.2 Å². The predicted octanol–water partition coefficient (Wildman–Crippen LogP) is 3.04. The quantitative estimate of drug-likeness (QED) is 0.870. The summed E-state index contributed by atoms with van der Waals surface area (Å²) < 4.78 is 42.4. The van der Waals surface area contributed by atoms with Crippen molar-refractivity contribution in [3.05, 3.63) is 29.8 Å². The van der Waals surface area contributed by atoms with Gasteiger partial charge >= 0.3 is 6.18 Å². The fraction of sp³-hybridized carbons (Fsp3) is 0.455. The van der Waals surface area contributed by atoms with Crippen molar-refractivity contribution in [2.24, 2.45) is 5.73 Å². The van der Waals surface area contributed by atoms with E-state index in [0.717, 1.165) is 0 Å². The van der Waals surface area contributed by atoms with E-state index in [-0.39, 0.29) is 11.7 Å². The van der Waals surface area contributed by atoms with Crippen molar-refractivity contribution in [2.75, 3.05) is 0 Å². The van der Waals surface area contributed by atoms with Crippen LogP contribution in [-0.4, -0.2) is 12.3 Å². The Labute approximate surface area is 92.2 Å². The Morgan fingerprint density at radius 3 is 2.38 bits per heavy atom. The van der Waals surface area contributed by atoms with Gasteiger partial charge in [0.25, 0.3) is 0 Å². The first-order chi connectivity index (χ1) is 7.30. The minimum atomic E-state index is -4.43. The number of benzene rings is 1. The van der Waals surface area contributed by atoms with E-state index in [2.05, 4.69) is 0 Å². The summed E-state index contributed by atoms with van der Waals surface area (Å²) in [6.07, 6.45) is -4.52. The molecule has 0 unspecified atom stereocenters. The van der Waals surface area contributed by atoms with E-state index >= 15 is 0 Å². The minimum absolute atomic E-state index is 0.00523. The molecule has 0 saturated carbocycles. The normalized spacial score (nSPS) is 13.9. The molecule has 0 aliphatic heterocycles. The van der Waals surface area contributed by atoms with Gasteiger partial charge in [0.1, 0.15) is 11.8 Å². The summed E-state index contributed by atoms with van der Waals surface area (Å²) in [4.78, 5) is 0. The van der Waals surface area contributed by atoms with Crippen LogP contribution in [0.4, 0.5) is 13.2 Å². The smallest absolute Gasteiger partial charge is 0.407 e. The molecule has 1 aromatic carbocycles. The molecule has 16 heavy (non-hydrogen) atoms. The third-order valence-corrected chi connectivity index (χ3v) is 1.94. The Morgan fingerprint density at radius 2 is 1.88 bits per heavy atom. The predicted molar refractivity (Wildman–Crippen MR) is 55.2 cm³/mol. The maximum Gasteiger partial charge on any atom is 0.407 e. The Hall–Kier alpha value is -1.23. The summed E-state index contributed by atoms with van der Waals surface area (Å²) >= 11 is 0. The van der Waals surface area contributed by atoms with Crippen molar-refractivity contribution in [1.29, 1.82) is 0 Å². The minimum Gasteiger partial charge on any atom is -0.491 e. The van der Waals surface area contributed by atoms with Crippen LogP contribution in [0, 0.1) is 0 Å². The molecule has 0 amide bonds. The Kier molecular flexibility index (Phi) is 3.80. The van der Waals surface area contributed by atoms with E-state index in [0.29, 0.717) is 5.75 Å². The van der Waals surface area contributed by atoms with Gasteiger partial charge in [-0.15, -0.1) is 0 Å². The SMILES string of the molecule is CC(C)Oc1cccc([C@@H](N)C(F)(F)F)c1. The third kappa shape index (κ3) is 3.41. The molecule has 0 saturated heterocycles. The van der Waals surface area contributed by atoms with E-state index in [1.807, 2.05) is 0 Å². The van der Waals surface area contributed by atoms with E-state index in [4.69, 9.17) is 10.5 Å². The number of hydrogen-bond donors (Lipinski definition) is 1. The van der Waals surface area contributed by atoms with E-state index in [9.17, 15) is 13.2 Å². The standard InChI is InChI=1S/C11H14F3NO/c1-7(2)16-9-5-3-4-8(6-9)10(15)11(12,13)14/h3-7,10H,15H2,1-2H3/t10-/m1/s1. The van der Waals surface area contributed by atoms with Crippen molar-refractivity contribution >= 4 is 0 Å². The molecular formula is C11H14F3NO. The van der Waals surface area contributed by atoms with Gasteiger partial charge < -0.3 is 10.5 Å². The molecule has 5 heteroatoms. The summed E-state index contributed by atoms with van der Waals surface area (Å²) in [6, 6.07) is 3.79. The number of halogens is 3. The molecule has 0 aliphatic carbocycles. The lowest BCUT2D eigenvalue weighted by molar-refractivity contribution is -0.149. The lowest BCUT2D eigenvalue weighted by Gasteiger charge is -2.17. The van der Waals surface area contributed by atoms with E-state index < -0.39 is 12.2 Å². The van der Waals surface area contributed by atoms with Crippen LogP contribution >= 0.6 is 0 Å². The van der Waals surface area contributed by atoms with Gasteiger partial charge in [0, 0.05) is 0 Å². The second kappa shape index (κ2) is 4.74. The second-order valence-electron chi connectivity index (χ2n) is 3.76. The van der Waals surface area contributed by atoms with Gasteiger partial charge in [0.15, 0.2) is 0 Å². The molecule has 1 atom stereocenters. The lowest BCUT2D eigenvalue weighted by Crippen LogP contribution is -2.28. The molecule has 0 heterocycles. The van der Waals surface area contributed by atoms with Crippen LogP contribution in [0.2, 0.25) is 0 Å². The molecule has 0 spiro atoms. The van der Waals surface area contributed by atoms with E-state index in [1.165, 1.54) is 18.2 Å². The zero-order valence-electron chi connectivity index (χ0n) is 9.08. The van der Waals surface area contributed by atoms with E-state index in [1.54, 1.807) is 19.9 Å². The van der Waals surface area contributed by atoms with Gasteiger partial charge in [0.2, 0.25) is 0 Å². The van der Waals surface area contributed by atoms with Gasteiger partial charge in [-0.3, -0.25) is 0 Å². The molecule has 2 nitrogen and oxygen atoms in total. The van der Waals surface area contributed by atoms with Crippen molar-refractivity contribution in [3.8, 4) is 5.75 Å². The molecule has 0 radical (unpaired) electrons. The highest BCUT2D eigenvalue weighted by molar-refractivity contribution is 5.31. The Bertz CT molecular complexity index is 349. The molecule has 1 rings (SSSR count). The Morgan fingerprint density at radius 1 is 1.25 bits per heavy atom. The maximum absolute atomic E-state index is 12.4. The van der Waals surface area contributed by atoms with Crippen LogP contribution in [0.15, 0.2) is 24.3 Å². The topological polar surface area (TPSA) is 35.2 Å². The van der Waals surface area contributed by atoms with Crippen molar-refractivity contribution in [1.82, 2.24) is 0 Å². The van der Waals surface area contributed by atoms with Gasteiger partial charge in [0.05, 0.1) is 6.10 Å². The average Bonchev–Trinajstić information content (AvgIpc) is 2.14. The number of ether oxygens (including phenoxy) is 1.